The predicted molar refractivity (Wildman–Crippen MR) is 91.2 cm³/mol. The highest BCUT2D eigenvalue weighted by atomic mass is 35.5. The van der Waals surface area contributed by atoms with Crippen molar-refractivity contribution in [2.45, 2.75) is 0 Å². The summed E-state index contributed by atoms with van der Waals surface area (Å²) < 4.78 is 14.5. The van der Waals surface area contributed by atoms with E-state index in [9.17, 15) is 24.4 Å². The zero-order valence-electron chi connectivity index (χ0n) is 12.8. The quantitative estimate of drug-likeness (QED) is 0.531. The van der Waals surface area contributed by atoms with Gasteiger partial charge in [0.15, 0.2) is 0 Å². The summed E-state index contributed by atoms with van der Waals surface area (Å²) in [6.07, 6.45) is 0. The van der Waals surface area contributed by atoms with Gasteiger partial charge >= 0.3 is 5.97 Å². The van der Waals surface area contributed by atoms with Crippen molar-refractivity contribution in [3.8, 4) is 0 Å². The number of benzene rings is 2. The smallest absolute Gasteiger partial charge is 0.352 e. The van der Waals surface area contributed by atoms with Crippen LogP contribution in [-0.2, 0) is 7.05 Å². The number of nitro groups is 1. The molecule has 0 bridgehead atoms. The van der Waals surface area contributed by atoms with Crippen molar-refractivity contribution in [2.24, 2.45) is 7.05 Å². The van der Waals surface area contributed by atoms with E-state index in [1.165, 1.54) is 48.0 Å². The third kappa shape index (κ3) is 2.87. The van der Waals surface area contributed by atoms with E-state index < -0.39 is 16.7 Å². The van der Waals surface area contributed by atoms with Crippen molar-refractivity contribution in [1.29, 1.82) is 0 Å². The molecule has 1 heterocycles. The molecule has 9 heteroatoms. The number of carboxylic acid groups (broad SMARTS) is 1. The van der Waals surface area contributed by atoms with Crippen LogP contribution in [0.5, 0.6) is 0 Å². The van der Waals surface area contributed by atoms with Gasteiger partial charge < -0.3 is 15.0 Å². The molecule has 0 aliphatic rings. The number of aromatic nitrogens is 1. The zero-order chi connectivity index (χ0) is 18.3. The van der Waals surface area contributed by atoms with Crippen molar-refractivity contribution >= 4 is 45.5 Å². The summed E-state index contributed by atoms with van der Waals surface area (Å²) in [7, 11) is 1.44. The lowest BCUT2D eigenvalue weighted by Gasteiger charge is -2.09. The van der Waals surface area contributed by atoms with Crippen LogP contribution in [0.3, 0.4) is 0 Å². The maximum atomic E-state index is 13.3. The average Bonchev–Trinajstić information content (AvgIpc) is 2.89. The number of hydrogen-bond acceptors (Lipinski definition) is 4. The number of anilines is 2. The van der Waals surface area contributed by atoms with E-state index >= 15 is 0 Å². The summed E-state index contributed by atoms with van der Waals surface area (Å²) in [6, 6.07) is 8.09. The molecule has 0 spiro atoms. The number of nitrogens with zero attached hydrogens (tertiary/aromatic N) is 2. The fraction of sp³-hybridized carbons (Fsp3) is 0.0625. The highest BCUT2D eigenvalue weighted by Gasteiger charge is 2.22. The summed E-state index contributed by atoms with van der Waals surface area (Å²) in [5, 5.41) is 23.8. The monoisotopic (exact) mass is 363 g/mol. The van der Waals surface area contributed by atoms with Crippen LogP contribution in [0.4, 0.5) is 21.5 Å². The van der Waals surface area contributed by atoms with Gasteiger partial charge in [0.1, 0.15) is 17.0 Å². The first-order chi connectivity index (χ1) is 11.8. The zero-order valence-corrected chi connectivity index (χ0v) is 13.5. The molecule has 0 saturated carbocycles. The van der Waals surface area contributed by atoms with E-state index in [1.54, 1.807) is 0 Å². The topological polar surface area (TPSA) is 97.4 Å². The maximum Gasteiger partial charge on any atom is 0.352 e. The molecule has 2 aromatic carbocycles. The molecular formula is C16H11ClFN3O4. The van der Waals surface area contributed by atoms with Crippen LogP contribution in [0.25, 0.3) is 10.9 Å². The normalized spacial score (nSPS) is 10.8. The molecule has 0 amide bonds. The van der Waals surface area contributed by atoms with Crippen LogP contribution in [0.1, 0.15) is 10.5 Å². The average molecular weight is 364 g/mol. The van der Waals surface area contributed by atoms with E-state index in [0.29, 0.717) is 16.8 Å². The van der Waals surface area contributed by atoms with Gasteiger partial charge in [0.25, 0.3) is 5.69 Å². The number of carboxylic acids is 1. The Morgan fingerprint density at radius 2 is 2.04 bits per heavy atom. The molecule has 0 unspecified atom stereocenters. The molecule has 0 aliphatic carbocycles. The van der Waals surface area contributed by atoms with E-state index in [0.717, 1.165) is 0 Å². The van der Waals surface area contributed by atoms with E-state index in [-0.39, 0.29) is 21.9 Å². The Hall–Kier alpha value is -3.13. The number of fused-ring (bicyclic) bond motifs is 1. The van der Waals surface area contributed by atoms with Crippen LogP contribution in [0, 0.1) is 15.9 Å². The maximum absolute atomic E-state index is 13.3. The molecule has 3 rings (SSSR count). The Balaban J connectivity index is 2.20. The van der Waals surface area contributed by atoms with Gasteiger partial charge in [0.2, 0.25) is 0 Å². The minimum absolute atomic E-state index is 0.0811. The molecule has 3 aromatic rings. The largest absolute Gasteiger partial charge is 0.477 e. The van der Waals surface area contributed by atoms with Gasteiger partial charge in [0.05, 0.1) is 9.95 Å². The highest BCUT2D eigenvalue weighted by molar-refractivity contribution is 6.31. The first-order valence-corrected chi connectivity index (χ1v) is 7.39. The number of carbonyl (C=O) groups is 1. The number of nitro benzene ring substituents is 1. The number of rotatable bonds is 4. The van der Waals surface area contributed by atoms with E-state index in [2.05, 4.69) is 5.32 Å². The van der Waals surface area contributed by atoms with Gasteiger partial charge in [-0.3, -0.25) is 10.1 Å². The van der Waals surface area contributed by atoms with Crippen LogP contribution in [-0.4, -0.2) is 20.6 Å². The lowest BCUT2D eigenvalue weighted by atomic mass is 10.1. The number of aryl methyl sites for hydroxylation is 1. The Labute approximate surface area is 145 Å². The second-order valence-corrected chi connectivity index (χ2v) is 5.71. The molecule has 0 atom stereocenters. The Kier molecular flexibility index (Phi) is 4.05. The summed E-state index contributed by atoms with van der Waals surface area (Å²) in [5.41, 5.74) is 0.756. The number of aromatic carboxylic acids is 1. The molecule has 1 aromatic heterocycles. The van der Waals surface area contributed by atoms with Crippen molar-refractivity contribution < 1.29 is 19.2 Å². The summed E-state index contributed by atoms with van der Waals surface area (Å²) in [6.45, 7) is 0. The molecular weight excluding hydrogens is 353 g/mol. The van der Waals surface area contributed by atoms with Gasteiger partial charge in [-0.2, -0.15) is 0 Å². The van der Waals surface area contributed by atoms with Crippen LogP contribution in [0.15, 0.2) is 36.4 Å². The second-order valence-electron chi connectivity index (χ2n) is 5.30. The minimum Gasteiger partial charge on any atom is -0.477 e. The number of non-ortho nitro benzene ring substituents is 1. The van der Waals surface area contributed by atoms with E-state index in [1.807, 2.05) is 0 Å². The van der Waals surface area contributed by atoms with Crippen molar-refractivity contribution in [3.05, 3.63) is 63.0 Å². The third-order valence-electron chi connectivity index (χ3n) is 3.79. The van der Waals surface area contributed by atoms with Gasteiger partial charge in [-0.15, -0.1) is 0 Å². The van der Waals surface area contributed by atoms with Crippen LogP contribution in [0.2, 0.25) is 5.02 Å². The van der Waals surface area contributed by atoms with Crippen molar-refractivity contribution in [2.75, 3.05) is 5.32 Å². The predicted octanol–water partition coefficient (Wildman–Crippen LogP) is 4.32. The highest BCUT2D eigenvalue weighted by Crippen LogP contribution is 2.35. The Bertz CT molecular complexity index is 1030. The molecule has 128 valence electrons. The lowest BCUT2D eigenvalue weighted by Crippen LogP contribution is -2.04. The molecule has 0 saturated heterocycles. The fourth-order valence-electron chi connectivity index (χ4n) is 2.64. The number of nitrogens with one attached hydrogen (secondary N) is 1. The fourth-order valence-corrected chi connectivity index (χ4v) is 2.82. The molecule has 7 nitrogen and oxygen atoms in total. The third-order valence-corrected chi connectivity index (χ3v) is 4.08. The Morgan fingerprint density at radius 1 is 1.32 bits per heavy atom. The van der Waals surface area contributed by atoms with E-state index in [4.69, 9.17) is 11.6 Å². The second kappa shape index (κ2) is 6.06. The van der Waals surface area contributed by atoms with Crippen LogP contribution < -0.4 is 5.32 Å². The van der Waals surface area contributed by atoms with Gasteiger partial charge in [0, 0.05) is 29.9 Å². The number of hydrogen-bond donors (Lipinski definition) is 2. The summed E-state index contributed by atoms with van der Waals surface area (Å²) in [5.74, 6) is -1.78. The lowest BCUT2D eigenvalue weighted by molar-refractivity contribution is -0.383. The summed E-state index contributed by atoms with van der Waals surface area (Å²) in [4.78, 5) is 22.0. The van der Waals surface area contributed by atoms with Gasteiger partial charge in [-0.05, 0) is 30.3 Å². The van der Waals surface area contributed by atoms with Crippen molar-refractivity contribution in [3.63, 3.8) is 0 Å². The molecule has 0 radical (unpaired) electrons. The molecule has 2 N–H and O–H groups in total. The molecule has 25 heavy (non-hydrogen) atoms. The Morgan fingerprint density at radius 3 is 2.64 bits per heavy atom. The van der Waals surface area contributed by atoms with Crippen molar-refractivity contribution in [1.82, 2.24) is 4.57 Å². The molecule has 0 fully saturated rings. The summed E-state index contributed by atoms with van der Waals surface area (Å²) >= 11 is 5.75. The minimum atomic E-state index is -1.20. The SMILES string of the molecule is Cn1c(C(=O)O)cc2c(Nc3ccc(F)c(Cl)c3)ccc([N+](=O)[O-])c21. The molecule has 0 aliphatic heterocycles. The number of halogens is 2. The standard InChI is InChI=1S/C16H11ClFN3O4/c1-20-14(16(22)23)7-9-12(4-5-13(15(9)20)21(24)25)19-8-2-3-11(18)10(17)6-8/h2-7,19H,1H3,(H,22,23). The first kappa shape index (κ1) is 16.7. The first-order valence-electron chi connectivity index (χ1n) is 7.01. The van der Waals surface area contributed by atoms with Crippen LogP contribution >= 0.6 is 11.6 Å². The van der Waals surface area contributed by atoms with Gasteiger partial charge in [-0.25, -0.2) is 9.18 Å². The van der Waals surface area contributed by atoms with Gasteiger partial charge in [-0.1, -0.05) is 11.6 Å².